The van der Waals surface area contributed by atoms with Gasteiger partial charge in [-0.15, -0.1) is 0 Å². The molecule has 0 radical (unpaired) electrons. The van der Waals surface area contributed by atoms with Gasteiger partial charge in [0.25, 0.3) is 0 Å². The molecule has 0 saturated carbocycles. The highest BCUT2D eigenvalue weighted by atomic mass is 16.5. The molecule has 1 aromatic rings. The molecule has 1 atom stereocenters. The van der Waals surface area contributed by atoms with Crippen LogP contribution in [0.4, 0.5) is 5.69 Å². The van der Waals surface area contributed by atoms with Gasteiger partial charge >= 0.3 is 0 Å². The van der Waals surface area contributed by atoms with Crippen LogP contribution in [0.1, 0.15) is 32.1 Å². The van der Waals surface area contributed by atoms with E-state index in [1.165, 1.54) is 26.0 Å². The lowest BCUT2D eigenvalue weighted by Crippen LogP contribution is -2.34. The number of nitrogens with one attached hydrogen (secondary N) is 2. The molecule has 1 fully saturated rings. The van der Waals surface area contributed by atoms with Crippen molar-refractivity contribution in [3.05, 3.63) is 18.2 Å². The van der Waals surface area contributed by atoms with Crippen LogP contribution in [0.5, 0.6) is 11.5 Å². The van der Waals surface area contributed by atoms with Crippen LogP contribution in [0.2, 0.25) is 0 Å². The number of methoxy groups -OCH3 is 1. The number of hydrogen-bond donors (Lipinski definition) is 3. The minimum atomic E-state index is -0.0714. The van der Waals surface area contributed by atoms with Crippen LogP contribution in [-0.4, -0.2) is 30.7 Å². The Morgan fingerprint density at radius 3 is 3.00 bits per heavy atom. The summed E-state index contributed by atoms with van der Waals surface area (Å²) in [6, 6.07) is 5.28. The number of hydrogen-bond acceptors (Lipinski definition) is 4. The molecule has 2 rings (SSSR count). The van der Waals surface area contributed by atoms with Gasteiger partial charge in [0.2, 0.25) is 5.91 Å². The Morgan fingerprint density at radius 2 is 2.35 bits per heavy atom. The smallest absolute Gasteiger partial charge is 0.224 e. The molecule has 0 spiro atoms. The highest BCUT2D eigenvalue weighted by Crippen LogP contribution is 2.28. The molecule has 1 aliphatic heterocycles. The van der Waals surface area contributed by atoms with Gasteiger partial charge in [0, 0.05) is 18.5 Å². The van der Waals surface area contributed by atoms with Crippen molar-refractivity contribution in [2.75, 3.05) is 19.0 Å². The molecule has 1 heterocycles. The molecular formula is C15H22N2O3. The number of carbonyl (C=O) groups is 1. The van der Waals surface area contributed by atoms with E-state index in [-0.39, 0.29) is 11.7 Å². The van der Waals surface area contributed by atoms with Gasteiger partial charge in [-0.1, -0.05) is 6.42 Å². The van der Waals surface area contributed by atoms with Crippen LogP contribution in [0.3, 0.4) is 0 Å². The average Bonchev–Trinajstić information content (AvgIpc) is 2.48. The summed E-state index contributed by atoms with van der Waals surface area (Å²) in [5.74, 6) is 0.512. The monoisotopic (exact) mass is 278 g/mol. The molecule has 1 aliphatic rings. The van der Waals surface area contributed by atoms with Crippen LogP contribution >= 0.6 is 0 Å². The third kappa shape index (κ3) is 4.13. The first-order valence-corrected chi connectivity index (χ1v) is 7.09. The topological polar surface area (TPSA) is 70.6 Å². The highest BCUT2D eigenvalue weighted by Gasteiger charge is 2.14. The van der Waals surface area contributed by atoms with E-state index in [2.05, 4.69) is 10.6 Å². The van der Waals surface area contributed by atoms with E-state index in [4.69, 9.17) is 4.74 Å². The summed E-state index contributed by atoms with van der Waals surface area (Å²) in [6.45, 7) is 1.05. The predicted molar refractivity (Wildman–Crippen MR) is 78.2 cm³/mol. The van der Waals surface area contributed by atoms with Crippen molar-refractivity contribution >= 4 is 11.6 Å². The third-order valence-electron chi connectivity index (χ3n) is 3.61. The number of rotatable bonds is 5. The van der Waals surface area contributed by atoms with Gasteiger partial charge < -0.3 is 20.5 Å². The molecule has 5 heteroatoms. The van der Waals surface area contributed by atoms with Gasteiger partial charge in [0.05, 0.1) is 12.8 Å². The fraction of sp³-hybridized carbons (Fsp3) is 0.533. The lowest BCUT2D eigenvalue weighted by Gasteiger charge is -2.23. The molecule has 3 N–H and O–H groups in total. The largest absolute Gasteiger partial charge is 0.506 e. The fourth-order valence-corrected chi connectivity index (χ4v) is 2.43. The third-order valence-corrected chi connectivity index (χ3v) is 3.61. The molecule has 5 nitrogen and oxygen atoms in total. The van der Waals surface area contributed by atoms with E-state index in [1.54, 1.807) is 12.1 Å². The van der Waals surface area contributed by atoms with Crippen LogP contribution < -0.4 is 15.4 Å². The SMILES string of the molecule is COc1ccc(NC(=O)CCC2CCCCN2)c(O)c1. The van der Waals surface area contributed by atoms with Gasteiger partial charge in [0.1, 0.15) is 11.5 Å². The van der Waals surface area contributed by atoms with Crippen molar-refractivity contribution in [2.24, 2.45) is 0 Å². The number of anilines is 1. The zero-order chi connectivity index (χ0) is 14.4. The maximum atomic E-state index is 11.9. The summed E-state index contributed by atoms with van der Waals surface area (Å²) in [5, 5.41) is 15.9. The minimum Gasteiger partial charge on any atom is -0.506 e. The first-order valence-electron chi connectivity index (χ1n) is 7.09. The van der Waals surface area contributed by atoms with Gasteiger partial charge in [0.15, 0.2) is 0 Å². The number of amides is 1. The number of benzene rings is 1. The number of phenolic OH excluding ortho intramolecular Hbond substituents is 1. The molecule has 1 aromatic carbocycles. The first-order chi connectivity index (χ1) is 9.69. The Labute approximate surface area is 119 Å². The summed E-state index contributed by atoms with van der Waals surface area (Å²) in [5.41, 5.74) is 0.424. The lowest BCUT2D eigenvalue weighted by molar-refractivity contribution is -0.116. The molecule has 0 bridgehead atoms. The Balaban J connectivity index is 1.81. The van der Waals surface area contributed by atoms with Crippen LogP contribution in [0.15, 0.2) is 18.2 Å². The number of aromatic hydroxyl groups is 1. The highest BCUT2D eigenvalue weighted by molar-refractivity contribution is 5.92. The predicted octanol–water partition coefficient (Wildman–Crippen LogP) is 2.26. The van der Waals surface area contributed by atoms with Crippen molar-refractivity contribution in [1.29, 1.82) is 0 Å². The molecule has 20 heavy (non-hydrogen) atoms. The maximum absolute atomic E-state index is 11.9. The summed E-state index contributed by atoms with van der Waals surface area (Å²) in [6.07, 6.45) is 4.90. The molecule has 1 unspecified atom stereocenters. The molecule has 0 aromatic heterocycles. The van der Waals surface area contributed by atoms with Crippen LogP contribution in [0, 0.1) is 0 Å². The standard InChI is InChI=1S/C15H22N2O3/c1-20-12-6-7-13(14(18)10-12)17-15(19)8-5-11-4-2-3-9-16-11/h6-7,10-11,16,18H,2-5,8-9H2,1H3,(H,17,19). The summed E-state index contributed by atoms with van der Waals surface area (Å²) in [4.78, 5) is 11.9. The zero-order valence-electron chi connectivity index (χ0n) is 11.8. The molecule has 1 amide bonds. The van der Waals surface area contributed by atoms with Crippen molar-refractivity contribution in [3.63, 3.8) is 0 Å². The van der Waals surface area contributed by atoms with Crippen LogP contribution in [0.25, 0.3) is 0 Å². The van der Waals surface area contributed by atoms with Crippen molar-refractivity contribution in [1.82, 2.24) is 5.32 Å². The molecule has 110 valence electrons. The summed E-state index contributed by atoms with van der Waals surface area (Å²) in [7, 11) is 1.53. The second-order valence-electron chi connectivity index (χ2n) is 5.12. The minimum absolute atomic E-state index is 0.0218. The Bertz CT molecular complexity index is 456. The second kappa shape index (κ2) is 7.14. The number of carbonyl (C=O) groups excluding carboxylic acids is 1. The van der Waals surface area contributed by atoms with E-state index in [0.717, 1.165) is 19.4 Å². The van der Waals surface area contributed by atoms with Gasteiger partial charge in [-0.25, -0.2) is 0 Å². The van der Waals surface area contributed by atoms with E-state index < -0.39 is 0 Å². The lowest BCUT2D eigenvalue weighted by atomic mass is 10.0. The number of piperidine rings is 1. The Morgan fingerprint density at radius 1 is 1.50 bits per heavy atom. The van der Waals surface area contributed by atoms with Crippen molar-refractivity contribution in [2.45, 2.75) is 38.1 Å². The molecule has 0 aliphatic carbocycles. The number of ether oxygens (including phenoxy) is 1. The summed E-state index contributed by atoms with van der Waals surface area (Å²) < 4.78 is 5.00. The van der Waals surface area contributed by atoms with Crippen molar-refractivity contribution < 1.29 is 14.6 Å². The molecule has 1 saturated heterocycles. The van der Waals surface area contributed by atoms with E-state index >= 15 is 0 Å². The van der Waals surface area contributed by atoms with Crippen molar-refractivity contribution in [3.8, 4) is 11.5 Å². The normalized spacial score (nSPS) is 18.6. The van der Waals surface area contributed by atoms with E-state index in [0.29, 0.717) is 23.9 Å². The van der Waals surface area contributed by atoms with Crippen LogP contribution in [-0.2, 0) is 4.79 Å². The zero-order valence-corrected chi connectivity index (χ0v) is 11.8. The quantitative estimate of drug-likeness (QED) is 0.723. The maximum Gasteiger partial charge on any atom is 0.224 e. The summed E-state index contributed by atoms with van der Waals surface area (Å²) >= 11 is 0. The molecular weight excluding hydrogens is 256 g/mol. The average molecular weight is 278 g/mol. The second-order valence-corrected chi connectivity index (χ2v) is 5.12. The Kier molecular flexibility index (Phi) is 5.24. The van der Waals surface area contributed by atoms with Gasteiger partial charge in [-0.2, -0.15) is 0 Å². The Hall–Kier alpha value is -1.75. The van der Waals surface area contributed by atoms with E-state index in [1.807, 2.05) is 0 Å². The van der Waals surface area contributed by atoms with Gasteiger partial charge in [-0.05, 0) is 37.9 Å². The fourth-order valence-electron chi connectivity index (χ4n) is 2.43. The van der Waals surface area contributed by atoms with Gasteiger partial charge in [-0.3, -0.25) is 4.79 Å². The van der Waals surface area contributed by atoms with E-state index in [9.17, 15) is 9.90 Å². The first kappa shape index (κ1) is 14.7. The number of phenols is 1.